The summed E-state index contributed by atoms with van der Waals surface area (Å²) in [7, 11) is 0. The molecule has 0 heterocycles. The zero-order chi connectivity index (χ0) is 24.5. The van der Waals surface area contributed by atoms with Crippen LogP contribution in [0.2, 0.25) is 0 Å². The number of fused-ring (bicyclic) bond motifs is 3. The number of carboxylic acids is 1. The Morgan fingerprint density at radius 3 is 2.06 bits per heavy atom. The summed E-state index contributed by atoms with van der Waals surface area (Å²) in [6.45, 7) is 5.61. The molecule has 0 spiro atoms. The summed E-state index contributed by atoms with van der Waals surface area (Å²) in [6, 6.07) is 16.2. The molecule has 0 saturated heterocycles. The molecule has 2 aliphatic rings. The number of benzene rings is 2. The Labute approximate surface area is 198 Å². The van der Waals surface area contributed by atoms with Crippen LogP contribution < -0.4 is 10.6 Å². The predicted octanol–water partition coefficient (Wildman–Crippen LogP) is 4.28. The molecule has 0 aromatic heterocycles. The van der Waals surface area contributed by atoms with Crippen molar-refractivity contribution in [3.05, 3.63) is 59.7 Å². The fraction of sp³-hybridized carbons (Fsp3) is 0.423. The van der Waals surface area contributed by atoms with Crippen LogP contribution in [0, 0.1) is 5.92 Å². The molecule has 3 N–H and O–H groups in total. The van der Waals surface area contributed by atoms with E-state index in [-0.39, 0.29) is 37.8 Å². The second kappa shape index (κ2) is 9.00. The molecule has 34 heavy (non-hydrogen) atoms. The van der Waals surface area contributed by atoms with Crippen LogP contribution in [-0.4, -0.2) is 47.6 Å². The summed E-state index contributed by atoms with van der Waals surface area (Å²) < 4.78 is 10.7. The van der Waals surface area contributed by atoms with Crippen molar-refractivity contribution in [3.8, 4) is 11.1 Å². The first-order chi connectivity index (χ1) is 16.1. The topological polar surface area (TPSA) is 114 Å². The van der Waals surface area contributed by atoms with E-state index in [9.17, 15) is 19.5 Å². The Kier molecular flexibility index (Phi) is 6.25. The molecule has 1 saturated carbocycles. The third-order valence-electron chi connectivity index (χ3n) is 6.30. The molecule has 2 amide bonds. The van der Waals surface area contributed by atoms with Gasteiger partial charge in [-0.3, -0.25) is 0 Å². The van der Waals surface area contributed by atoms with Gasteiger partial charge in [-0.1, -0.05) is 48.5 Å². The first-order valence-corrected chi connectivity index (χ1v) is 11.4. The van der Waals surface area contributed by atoms with E-state index in [4.69, 9.17) is 9.47 Å². The van der Waals surface area contributed by atoms with E-state index in [2.05, 4.69) is 34.9 Å². The molecule has 0 radical (unpaired) electrons. The largest absolute Gasteiger partial charge is 0.480 e. The lowest BCUT2D eigenvalue weighted by molar-refractivity contribution is -0.151. The van der Waals surface area contributed by atoms with Gasteiger partial charge in [0.05, 0.1) is 0 Å². The molecule has 2 aromatic carbocycles. The molecule has 0 aliphatic heterocycles. The van der Waals surface area contributed by atoms with Gasteiger partial charge in [0.1, 0.15) is 17.7 Å². The van der Waals surface area contributed by atoms with E-state index in [0.29, 0.717) is 0 Å². The third-order valence-corrected chi connectivity index (χ3v) is 6.30. The van der Waals surface area contributed by atoms with Gasteiger partial charge in [-0.2, -0.15) is 0 Å². The summed E-state index contributed by atoms with van der Waals surface area (Å²) in [4.78, 5) is 36.2. The van der Waals surface area contributed by atoms with Gasteiger partial charge in [0.15, 0.2) is 0 Å². The molecule has 8 nitrogen and oxygen atoms in total. The molecular formula is C26H30N2O6. The van der Waals surface area contributed by atoms with Gasteiger partial charge in [-0.05, 0) is 61.8 Å². The van der Waals surface area contributed by atoms with Gasteiger partial charge < -0.3 is 25.2 Å². The highest BCUT2D eigenvalue weighted by Crippen LogP contribution is 2.44. The molecule has 180 valence electrons. The van der Waals surface area contributed by atoms with Crippen LogP contribution in [0.1, 0.15) is 50.7 Å². The van der Waals surface area contributed by atoms with E-state index in [1.807, 2.05) is 24.3 Å². The fourth-order valence-corrected chi connectivity index (χ4v) is 4.78. The SMILES string of the molecule is CC(C)(C)OC(=O)NC1(C(=O)O)CC(CNC(=O)OCC2c3ccccc3-c3ccccc32)C1. The molecule has 1 fully saturated rings. The van der Waals surface area contributed by atoms with Gasteiger partial charge in [0.2, 0.25) is 0 Å². The Balaban J connectivity index is 1.27. The predicted molar refractivity (Wildman–Crippen MR) is 126 cm³/mol. The molecule has 2 aliphatic carbocycles. The Morgan fingerprint density at radius 1 is 0.971 bits per heavy atom. The summed E-state index contributed by atoms with van der Waals surface area (Å²) in [5.41, 5.74) is 2.48. The number of carbonyl (C=O) groups is 3. The second-order valence-corrected chi connectivity index (χ2v) is 9.99. The minimum atomic E-state index is -1.38. The van der Waals surface area contributed by atoms with Crippen molar-refractivity contribution in [1.82, 2.24) is 10.6 Å². The Morgan fingerprint density at radius 2 is 1.53 bits per heavy atom. The second-order valence-electron chi connectivity index (χ2n) is 9.99. The van der Waals surface area contributed by atoms with Crippen molar-refractivity contribution in [2.75, 3.05) is 13.2 Å². The number of carboxylic acid groups (broad SMARTS) is 1. The van der Waals surface area contributed by atoms with Crippen molar-refractivity contribution in [2.24, 2.45) is 5.92 Å². The van der Waals surface area contributed by atoms with E-state index >= 15 is 0 Å². The zero-order valence-electron chi connectivity index (χ0n) is 19.6. The van der Waals surface area contributed by atoms with Gasteiger partial charge >= 0.3 is 18.2 Å². The van der Waals surface area contributed by atoms with Crippen molar-refractivity contribution in [1.29, 1.82) is 0 Å². The summed E-state index contributed by atoms with van der Waals surface area (Å²) >= 11 is 0. The highest BCUT2D eigenvalue weighted by Gasteiger charge is 2.52. The van der Waals surface area contributed by atoms with Gasteiger partial charge in [-0.25, -0.2) is 14.4 Å². The van der Waals surface area contributed by atoms with Gasteiger partial charge in [-0.15, -0.1) is 0 Å². The number of ether oxygens (including phenoxy) is 2. The summed E-state index contributed by atoms with van der Waals surface area (Å²) in [5.74, 6) is -1.23. The third kappa shape index (κ3) is 4.85. The highest BCUT2D eigenvalue weighted by atomic mass is 16.6. The number of carbonyl (C=O) groups excluding carboxylic acids is 2. The lowest BCUT2D eigenvalue weighted by atomic mass is 9.68. The van der Waals surface area contributed by atoms with E-state index < -0.39 is 29.3 Å². The summed E-state index contributed by atoms with van der Waals surface area (Å²) in [6.07, 6.45) is -0.913. The van der Waals surface area contributed by atoms with Crippen LogP contribution >= 0.6 is 0 Å². The van der Waals surface area contributed by atoms with Crippen molar-refractivity contribution < 1.29 is 29.0 Å². The average Bonchev–Trinajstić information content (AvgIpc) is 3.06. The lowest BCUT2D eigenvalue weighted by Crippen LogP contribution is -2.64. The van der Waals surface area contributed by atoms with Gasteiger partial charge in [0, 0.05) is 12.5 Å². The maximum atomic E-state index is 12.4. The van der Waals surface area contributed by atoms with Crippen LogP contribution in [0.25, 0.3) is 11.1 Å². The molecule has 4 rings (SSSR count). The van der Waals surface area contributed by atoms with Crippen LogP contribution in [-0.2, 0) is 14.3 Å². The summed E-state index contributed by atoms with van der Waals surface area (Å²) in [5, 5.41) is 14.8. The van der Waals surface area contributed by atoms with Crippen molar-refractivity contribution >= 4 is 18.2 Å². The van der Waals surface area contributed by atoms with E-state index in [1.165, 1.54) is 0 Å². The average molecular weight is 467 g/mol. The highest BCUT2D eigenvalue weighted by molar-refractivity contribution is 5.85. The number of hydrogen-bond donors (Lipinski definition) is 3. The number of alkyl carbamates (subject to hydrolysis) is 2. The van der Waals surface area contributed by atoms with Crippen LogP contribution in [0.3, 0.4) is 0 Å². The lowest BCUT2D eigenvalue weighted by Gasteiger charge is -2.44. The molecular weight excluding hydrogens is 436 g/mol. The quantitative estimate of drug-likeness (QED) is 0.585. The molecule has 0 unspecified atom stereocenters. The standard InChI is InChI=1S/C26H30N2O6/c1-25(2,3)34-24(32)28-26(22(29)30)12-16(13-26)14-27-23(31)33-15-21-19-10-6-4-8-17(19)18-9-5-7-11-20(18)21/h4-11,16,21H,12-15H2,1-3H3,(H,27,31)(H,28,32)(H,29,30). The van der Waals surface area contributed by atoms with Crippen LogP contribution in [0.4, 0.5) is 9.59 Å². The van der Waals surface area contributed by atoms with Gasteiger partial charge in [0.25, 0.3) is 0 Å². The fourth-order valence-electron chi connectivity index (χ4n) is 4.78. The Hall–Kier alpha value is -3.55. The number of aliphatic carboxylic acids is 1. The minimum Gasteiger partial charge on any atom is -0.480 e. The maximum Gasteiger partial charge on any atom is 0.408 e. The van der Waals surface area contributed by atoms with Crippen molar-refractivity contribution in [3.63, 3.8) is 0 Å². The first kappa shape index (κ1) is 23.6. The van der Waals surface area contributed by atoms with Crippen LogP contribution in [0.15, 0.2) is 48.5 Å². The molecule has 2 aromatic rings. The molecule has 0 atom stereocenters. The number of nitrogens with one attached hydrogen (secondary N) is 2. The number of rotatable bonds is 6. The maximum absolute atomic E-state index is 12.4. The number of amides is 2. The normalized spacial score (nSPS) is 21.0. The molecule has 0 bridgehead atoms. The van der Waals surface area contributed by atoms with Crippen molar-refractivity contribution in [2.45, 2.75) is 50.7 Å². The molecule has 8 heteroatoms. The Bertz CT molecular complexity index is 1050. The van der Waals surface area contributed by atoms with Crippen LogP contribution in [0.5, 0.6) is 0 Å². The first-order valence-electron chi connectivity index (χ1n) is 11.4. The zero-order valence-corrected chi connectivity index (χ0v) is 19.6. The van der Waals surface area contributed by atoms with E-state index in [0.717, 1.165) is 22.3 Å². The van der Waals surface area contributed by atoms with E-state index in [1.54, 1.807) is 20.8 Å². The minimum absolute atomic E-state index is 0.0282. The number of hydrogen-bond acceptors (Lipinski definition) is 5. The smallest absolute Gasteiger partial charge is 0.408 e. The monoisotopic (exact) mass is 466 g/mol.